The standard InChI is InChI=1S/C20H18N2O3S2/c1-13-3-8-17(27-13)16-11-26-19-18(16)20(23)22(12-21-19)9-10-25-15-6-4-14(24-2)5-7-15/h3-8,11-12H,9-10H2,1-2H3. The highest BCUT2D eigenvalue weighted by Crippen LogP contribution is 2.34. The number of fused-ring (bicyclic) bond motifs is 1. The van der Waals surface area contributed by atoms with E-state index in [2.05, 4.69) is 24.0 Å². The zero-order valence-electron chi connectivity index (χ0n) is 15.0. The number of aryl methyl sites for hydroxylation is 1. The van der Waals surface area contributed by atoms with Crippen LogP contribution < -0.4 is 15.0 Å². The molecule has 0 N–H and O–H groups in total. The molecular formula is C20H18N2O3S2. The molecule has 0 unspecified atom stereocenters. The molecule has 0 bridgehead atoms. The third-order valence-electron chi connectivity index (χ3n) is 4.23. The van der Waals surface area contributed by atoms with Gasteiger partial charge in [0.1, 0.15) is 22.9 Å². The molecule has 0 atom stereocenters. The van der Waals surface area contributed by atoms with Gasteiger partial charge in [-0.25, -0.2) is 4.98 Å². The molecule has 0 aliphatic carbocycles. The van der Waals surface area contributed by atoms with Gasteiger partial charge < -0.3 is 9.47 Å². The van der Waals surface area contributed by atoms with Crippen LogP contribution in [-0.2, 0) is 6.54 Å². The number of ether oxygens (including phenoxy) is 2. The first-order valence-electron chi connectivity index (χ1n) is 8.46. The number of nitrogens with zero attached hydrogens (tertiary/aromatic N) is 2. The molecule has 0 aliphatic rings. The number of hydrogen-bond acceptors (Lipinski definition) is 6. The lowest BCUT2D eigenvalue weighted by Crippen LogP contribution is -2.23. The third-order valence-corrected chi connectivity index (χ3v) is 6.15. The van der Waals surface area contributed by atoms with Gasteiger partial charge in [-0.15, -0.1) is 22.7 Å². The minimum absolute atomic E-state index is 0.0272. The molecule has 7 heteroatoms. The maximum Gasteiger partial charge on any atom is 0.262 e. The molecule has 3 heterocycles. The van der Waals surface area contributed by atoms with Gasteiger partial charge in [-0.05, 0) is 43.3 Å². The predicted octanol–water partition coefficient (Wildman–Crippen LogP) is 4.58. The Kier molecular flexibility index (Phi) is 4.96. The quantitative estimate of drug-likeness (QED) is 0.477. The number of aromatic nitrogens is 2. The fourth-order valence-electron chi connectivity index (χ4n) is 2.82. The topological polar surface area (TPSA) is 53.4 Å². The molecule has 5 nitrogen and oxygen atoms in total. The summed E-state index contributed by atoms with van der Waals surface area (Å²) in [5.41, 5.74) is 0.941. The fraction of sp³-hybridized carbons (Fsp3) is 0.200. The molecular weight excluding hydrogens is 380 g/mol. The molecule has 4 aromatic rings. The highest BCUT2D eigenvalue weighted by molar-refractivity contribution is 7.19. The smallest absolute Gasteiger partial charge is 0.262 e. The Morgan fingerprint density at radius 3 is 2.59 bits per heavy atom. The van der Waals surface area contributed by atoms with E-state index < -0.39 is 0 Å². The van der Waals surface area contributed by atoms with Crippen molar-refractivity contribution < 1.29 is 9.47 Å². The van der Waals surface area contributed by atoms with Crippen LogP contribution in [0.15, 0.2) is 52.9 Å². The van der Waals surface area contributed by atoms with Crippen LogP contribution >= 0.6 is 22.7 Å². The van der Waals surface area contributed by atoms with E-state index in [1.54, 1.807) is 29.3 Å². The van der Waals surface area contributed by atoms with Crippen molar-refractivity contribution in [3.05, 3.63) is 63.3 Å². The highest BCUT2D eigenvalue weighted by atomic mass is 32.1. The average Bonchev–Trinajstić information content (AvgIpc) is 3.30. The van der Waals surface area contributed by atoms with Gasteiger partial charge in [0.25, 0.3) is 5.56 Å². The van der Waals surface area contributed by atoms with Crippen molar-refractivity contribution in [1.82, 2.24) is 9.55 Å². The van der Waals surface area contributed by atoms with Crippen LogP contribution in [0.5, 0.6) is 11.5 Å². The molecule has 0 spiro atoms. The second-order valence-corrected chi connectivity index (χ2v) is 8.15. The van der Waals surface area contributed by atoms with Crippen LogP contribution in [0, 0.1) is 6.92 Å². The molecule has 138 valence electrons. The number of hydrogen-bond donors (Lipinski definition) is 0. The van der Waals surface area contributed by atoms with Crippen LogP contribution in [0.25, 0.3) is 20.7 Å². The number of thiophene rings is 2. The molecule has 27 heavy (non-hydrogen) atoms. The Balaban J connectivity index is 1.55. The molecule has 0 saturated carbocycles. The van der Waals surface area contributed by atoms with Crippen molar-refractivity contribution in [2.45, 2.75) is 13.5 Å². The van der Waals surface area contributed by atoms with Crippen LogP contribution in [0.4, 0.5) is 0 Å². The van der Waals surface area contributed by atoms with E-state index in [1.807, 2.05) is 29.6 Å². The largest absolute Gasteiger partial charge is 0.497 e. The van der Waals surface area contributed by atoms with Gasteiger partial charge in [0.05, 0.1) is 25.4 Å². The maximum absolute atomic E-state index is 13.0. The Labute approximate surface area is 164 Å². The summed E-state index contributed by atoms with van der Waals surface area (Å²) in [5, 5.41) is 2.71. The van der Waals surface area contributed by atoms with E-state index in [4.69, 9.17) is 9.47 Å². The van der Waals surface area contributed by atoms with Crippen molar-refractivity contribution >= 4 is 32.9 Å². The van der Waals surface area contributed by atoms with E-state index in [0.29, 0.717) is 18.5 Å². The summed E-state index contributed by atoms with van der Waals surface area (Å²) in [5.74, 6) is 1.52. The van der Waals surface area contributed by atoms with Crippen molar-refractivity contribution in [2.24, 2.45) is 0 Å². The van der Waals surface area contributed by atoms with E-state index >= 15 is 0 Å². The van der Waals surface area contributed by atoms with Crippen LogP contribution in [0.3, 0.4) is 0 Å². The summed E-state index contributed by atoms with van der Waals surface area (Å²) in [7, 11) is 1.63. The second kappa shape index (κ2) is 7.54. The van der Waals surface area contributed by atoms with Crippen LogP contribution in [0.2, 0.25) is 0 Å². The average molecular weight is 399 g/mol. The lowest BCUT2D eigenvalue weighted by Gasteiger charge is -2.09. The first-order chi connectivity index (χ1) is 13.2. The third kappa shape index (κ3) is 3.61. The molecule has 0 radical (unpaired) electrons. The van der Waals surface area contributed by atoms with Crippen molar-refractivity contribution in [3.63, 3.8) is 0 Å². The predicted molar refractivity (Wildman–Crippen MR) is 110 cm³/mol. The second-order valence-electron chi connectivity index (χ2n) is 6.01. The molecule has 0 aliphatic heterocycles. The summed E-state index contributed by atoms with van der Waals surface area (Å²) in [4.78, 5) is 20.5. The molecule has 3 aromatic heterocycles. The van der Waals surface area contributed by atoms with Crippen molar-refractivity contribution in [2.75, 3.05) is 13.7 Å². The van der Waals surface area contributed by atoms with Gasteiger partial charge in [0, 0.05) is 20.7 Å². The summed E-state index contributed by atoms with van der Waals surface area (Å²) in [6.45, 7) is 2.89. The summed E-state index contributed by atoms with van der Waals surface area (Å²) in [6, 6.07) is 11.5. The molecule has 4 rings (SSSR count). The Morgan fingerprint density at radius 2 is 1.89 bits per heavy atom. The zero-order chi connectivity index (χ0) is 18.8. The Morgan fingerprint density at radius 1 is 1.11 bits per heavy atom. The minimum atomic E-state index is -0.0272. The summed E-state index contributed by atoms with van der Waals surface area (Å²) >= 11 is 3.19. The lowest BCUT2D eigenvalue weighted by molar-refractivity contribution is 0.295. The van der Waals surface area contributed by atoms with Crippen LogP contribution in [-0.4, -0.2) is 23.3 Å². The number of rotatable bonds is 6. The van der Waals surface area contributed by atoms with E-state index in [-0.39, 0.29) is 5.56 Å². The van der Waals surface area contributed by atoms with E-state index in [1.165, 1.54) is 16.2 Å². The fourth-order valence-corrected chi connectivity index (χ4v) is 4.68. The van der Waals surface area contributed by atoms with E-state index in [9.17, 15) is 4.79 Å². The van der Waals surface area contributed by atoms with Gasteiger partial charge in [-0.1, -0.05) is 0 Å². The first-order valence-corrected chi connectivity index (χ1v) is 10.2. The molecule has 0 saturated heterocycles. The highest BCUT2D eigenvalue weighted by Gasteiger charge is 2.14. The van der Waals surface area contributed by atoms with E-state index in [0.717, 1.165) is 26.8 Å². The lowest BCUT2D eigenvalue weighted by atomic mass is 10.2. The Hall–Kier alpha value is -2.64. The zero-order valence-corrected chi connectivity index (χ0v) is 16.6. The SMILES string of the molecule is COc1ccc(OCCn2cnc3scc(-c4ccc(C)s4)c3c2=O)cc1. The minimum Gasteiger partial charge on any atom is -0.497 e. The van der Waals surface area contributed by atoms with Crippen molar-refractivity contribution in [1.29, 1.82) is 0 Å². The summed E-state index contributed by atoms with van der Waals surface area (Å²) in [6.07, 6.45) is 1.60. The maximum atomic E-state index is 13.0. The molecule has 0 amide bonds. The van der Waals surface area contributed by atoms with Crippen molar-refractivity contribution in [3.8, 4) is 21.9 Å². The van der Waals surface area contributed by atoms with Gasteiger partial charge in [0.15, 0.2) is 0 Å². The first kappa shape index (κ1) is 17.8. The normalized spacial score (nSPS) is 11.0. The van der Waals surface area contributed by atoms with Crippen LogP contribution in [0.1, 0.15) is 4.88 Å². The molecule has 0 fully saturated rings. The summed E-state index contributed by atoms with van der Waals surface area (Å²) < 4.78 is 12.5. The Bertz CT molecular complexity index is 1130. The van der Waals surface area contributed by atoms with Gasteiger partial charge in [0.2, 0.25) is 0 Å². The number of methoxy groups -OCH3 is 1. The monoisotopic (exact) mass is 398 g/mol. The van der Waals surface area contributed by atoms with Gasteiger partial charge in [-0.3, -0.25) is 9.36 Å². The van der Waals surface area contributed by atoms with Gasteiger partial charge >= 0.3 is 0 Å². The molecule has 1 aromatic carbocycles. The number of benzene rings is 1. The van der Waals surface area contributed by atoms with Gasteiger partial charge in [-0.2, -0.15) is 0 Å².